The van der Waals surface area contributed by atoms with Gasteiger partial charge in [0.1, 0.15) is 5.82 Å². The van der Waals surface area contributed by atoms with E-state index in [1.165, 1.54) is 12.1 Å². The first-order valence-corrected chi connectivity index (χ1v) is 9.18. The standard InChI is InChI=1S/C19H18ClFN4OS/c1-12(13-2-6-15(20)7-3-13)22-17(26)10-11-25-18(23-24-19(25)27)14-4-8-16(21)9-5-14/h2-9,12H,10-11H2,1H3,(H,22,26)(H,24,27)/t12-/m1/s1. The Morgan fingerprint density at radius 2 is 1.93 bits per heavy atom. The van der Waals surface area contributed by atoms with E-state index < -0.39 is 0 Å². The molecule has 0 bridgehead atoms. The van der Waals surface area contributed by atoms with Crippen LogP contribution < -0.4 is 5.32 Å². The van der Waals surface area contributed by atoms with Crippen molar-refractivity contribution in [1.29, 1.82) is 0 Å². The first-order valence-electron chi connectivity index (χ1n) is 8.40. The van der Waals surface area contributed by atoms with Crippen LogP contribution in [0.25, 0.3) is 11.4 Å². The van der Waals surface area contributed by atoms with E-state index in [9.17, 15) is 9.18 Å². The van der Waals surface area contributed by atoms with Crippen molar-refractivity contribution < 1.29 is 9.18 Å². The largest absolute Gasteiger partial charge is 0.350 e. The van der Waals surface area contributed by atoms with E-state index in [0.717, 1.165) is 11.1 Å². The fraction of sp³-hybridized carbons (Fsp3) is 0.211. The molecule has 0 aliphatic carbocycles. The van der Waals surface area contributed by atoms with Gasteiger partial charge in [-0.3, -0.25) is 14.5 Å². The minimum Gasteiger partial charge on any atom is -0.350 e. The van der Waals surface area contributed by atoms with Gasteiger partial charge in [-0.15, -0.1) is 0 Å². The predicted octanol–water partition coefficient (Wildman–Crippen LogP) is 4.67. The number of nitrogens with one attached hydrogen (secondary N) is 2. The van der Waals surface area contributed by atoms with Crippen LogP contribution >= 0.6 is 23.8 Å². The van der Waals surface area contributed by atoms with Crippen LogP contribution in [0.4, 0.5) is 4.39 Å². The van der Waals surface area contributed by atoms with Crippen LogP contribution in [0.15, 0.2) is 48.5 Å². The third-order valence-electron chi connectivity index (χ3n) is 4.17. The lowest BCUT2D eigenvalue weighted by Gasteiger charge is -2.15. The number of carbonyl (C=O) groups is 1. The number of hydrogen-bond donors (Lipinski definition) is 2. The van der Waals surface area contributed by atoms with Crippen molar-refractivity contribution in [1.82, 2.24) is 20.1 Å². The summed E-state index contributed by atoms with van der Waals surface area (Å²) in [4.78, 5) is 12.3. The second-order valence-electron chi connectivity index (χ2n) is 6.10. The number of carbonyl (C=O) groups excluding carboxylic acids is 1. The summed E-state index contributed by atoms with van der Waals surface area (Å²) in [5.74, 6) is 0.138. The van der Waals surface area contributed by atoms with Crippen LogP contribution in [0.5, 0.6) is 0 Å². The average Bonchev–Trinajstić information content (AvgIpc) is 3.01. The van der Waals surface area contributed by atoms with Crippen LogP contribution in [0.2, 0.25) is 5.02 Å². The van der Waals surface area contributed by atoms with Gasteiger partial charge in [-0.05, 0) is 61.1 Å². The Morgan fingerprint density at radius 1 is 1.26 bits per heavy atom. The molecule has 2 N–H and O–H groups in total. The molecular weight excluding hydrogens is 387 g/mol. The maximum Gasteiger partial charge on any atom is 0.222 e. The van der Waals surface area contributed by atoms with Gasteiger partial charge in [0.05, 0.1) is 6.04 Å². The summed E-state index contributed by atoms with van der Waals surface area (Å²) in [6, 6.07) is 13.2. The third-order valence-corrected chi connectivity index (χ3v) is 4.73. The van der Waals surface area contributed by atoms with Crippen LogP contribution in [0.3, 0.4) is 0 Å². The fourth-order valence-corrected chi connectivity index (χ4v) is 3.06. The molecule has 0 aliphatic heterocycles. The van der Waals surface area contributed by atoms with E-state index in [0.29, 0.717) is 22.2 Å². The van der Waals surface area contributed by atoms with Crippen molar-refractivity contribution in [2.45, 2.75) is 25.9 Å². The Bertz CT molecular complexity index is 982. The van der Waals surface area contributed by atoms with Gasteiger partial charge in [0.2, 0.25) is 5.91 Å². The Hall–Kier alpha value is -2.51. The first kappa shape index (κ1) is 19.3. The van der Waals surface area contributed by atoms with Crippen molar-refractivity contribution >= 4 is 29.7 Å². The second kappa shape index (κ2) is 8.45. The van der Waals surface area contributed by atoms with Crippen LogP contribution in [0, 0.1) is 10.6 Å². The zero-order valence-corrected chi connectivity index (χ0v) is 16.1. The lowest BCUT2D eigenvalue weighted by atomic mass is 10.1. The summed E-state index contributed by atoms with van der Waals surface area (Å²) in [6.07, 6.45) is 0.236. The Labute approximate surface area is 166 Å². The van der Waals surface area contributed by atoms with Crippen LogP contribution in [0.1, 0.15) is 24.9 Å². The molecule has 5 nitrogen and oxygen atoms in total. The van der Waals surface area contributed by atoms with Crippen molar-refractivity contribution in [2.75, 3.05) is 0 Å². The molecule has 1 amide bonds. The highest BCUT2D eigenvalue weighted by atomic mass is 35.5. The zero-order chi connectivity index (χ0) is 19.4. The van der Waals surface area contributed by atoms with E-state index in [1.54, 1.807) is 28.8 Å². The summed E-state index contributed by atoms with van der Waals surface area (Å²) in [6.45, 7) is 2.27. The maximum absolute atomic E-state index is 13.1. The number of H-pyrrole nitrogens is 1. The highest BCUT2D eigenvalue weighted by molar-refractivity contribution is 7.71. The Balaban J connectivity index is 1.65. The minimum atomic E-state index is -0.324. The molecular formula is C19H18ClFN4OS. The normalized spacial score (nSPS) is 12.0. The monoisotopic (exact) mass is 404 g/mol. The van der Waals surface area contributed by atoms with Crippen LogP contribution in [-0.2, 0) is 11.3 Å². The van der Waals surface area contributed by atoms with E-state index in [4.69, 9.17) is 23.8 Å². The lowest BCUT2D eigenvalue weighted by molar-refractivity contribution is -0.121. The number of nitrogens with zero attached hydrogens (tertiary/aromatic N) is 2. The van der Waals surface area contributed by atoms with Gasteiger partial charge in [0.25, 0.3) is 0 Å². The molecule has 27 heavy (non-hydrogen) atoms. The molecule has 0 radical (unpaired) electrons. The molecule has 0 fully saturated rings. The van der Waals surface area contributed by atoms with Crippen molar-refractivity contribution in [3.8, 4) is 11.4 Å². The molecule has 2 aromatic carbocycles. The van der Waals surface area contributed by atoms with Gasteiger partial charge in [-0.25, -0.2) is 4.39 Å². The molecule has 1 aromatic heterocycles. The van der Waals surface area contributed by atoms with E-state index in [1.807, 2.05) is 19.1 Å². The molecule has 8 heteroatoms. The van der Waals surface area contributed by atoms with E-state index in [2.05, 4.69) is 15.5 Å². The summed E-state index contributed by atoms with van der Waals surface area (Å²) in [5.41, 5.74) is 1.69. The SMILES string of the molecule is C[C@@H](NC(=O)CCn1c(-c2ccc(F)cc2)n[nH]c1=S)c1ccc(Cl)cc1. The number of rotatable bonds is 6. The zero-order valence-electron chi connectivity index (χ0n) is 14.6. The molecule has 3 aromatic rings. The van der Waals surface area contributed by atoms with Gasteiger partial charge < -0.3 is 5.32 Å². The van der Waals surface area contributed by atoms with Crippen molar-refractivity contribution in [3.05, 3.63) is 69.7 Å². The highest BCUT2D eigenvalue weighted by Crippen LogP contribution is 2.19. The first-order chi connectivity index (χ1) is 12.9. The summed E-state index contributed by atoms with van der Waals surface area (Å²) in [5, 5.41) is 10.5. The predicted molar refractivity (Wildman–Crippen MR) is 105 cm³/mol. The number of benzene rings is 2. The molecule has 1 atom stereocenters. The molecule has 0 unspecified atom stereocenters. The minimum absolute atomic E-state index is 0.106. The summed E-state index contributed by atoms with van der Waals surface area (Å²) >= 11 is 11.1. The number of aromatic amines is 1. The number of amides is 1. The van der Waals surface area contributed by atoms with Gasteiger partial charge in [0.15, 0.2) is 10.6 Å². The molecule has 0 aliphatic rings. The maximum atomic E-state index is 13.1. The summed E-state index contributed by atoms with van der Waals surface area (Å²) < 4.78 is 15.3. The number of aromatic nitrogens is 3. The highest BCUT2D eigenvalue weighted by Gasteiger charge is 2.13. The van der Waals surface area contributed by atoms with Crippen LogP contribution in [-0.4, -0.2) is 20.7 Å². The Kier molecular flexibility index (Phi) is 6.03. The molecule has 0 saturated heterocycles. The number of hydrogen-bond acceptors (Lipinski definition) is 3. The van der Waals surface area contributed by atoms with E-state index in [-0.39, 0.29) is 24.2 Å². The quantitative estimate of drug-likeness (QED) is 0.587. The molecule has 140 valence electrons. The lowest BCUT2D eigenvalue weighted by Crippen LogP contribution is -2.27. The molecule has 3 rings (SSSR count). The van der Waals surface area contributed by atoms with Crippen molar-refractivity contribution in [3.63, 3.8) is 0 Å². The van der Waals surface area contributed by atoms with Gasteiger partial charge in [-0.2, -0.15) is 5.10 Å². The topological polar surface area (TPSA) is 62.7 Å². The summed E-state index contributed by atoms with van der Waals surface area (Å²) in [7, 11) is 0. The van der Waals surface area contributed by atoms with Gasteiger partial charge >= 0.3 is 0 Å². The molecule has 0 saturated carbocycles. The molecule has 0 spiro atoms. The fourth-order valence-electron chi connectivity index (χ4n) is 2.71. The number of halogens is 2. The van der Waals surface area contributed by atoms with E-state index >= 15 is 0 Å². The van der Waals surface area contributed by atoms with Gasteiger partial charge in [0, 0.05) is 23.6 Å². The van der Waals surface area contributed by atoms with Gasteiger partial charge in [-0.1, -0.05) is 23.7 Å². The third kappa shape index (κ3) is 4.81. The average molecular weight is 405 g/mol. The smallest absolute Gasteiger partial charge is 0.222 e. The second-order valence-corrected chi connectivity index (χ2v) is 6.92. The van der Waals surface area contributed by atoms with Crippen molar-refractivity contribution in [2.24, 2.45) is 0 Å². The molecule has 1 heterocycles. The Morgan fingerprint density at radius 3 is 2.59 bits per heavy atom.